The maximum absolute atomic E-state index is 12.7. The van der Waals surface area contributed by atoms with Gasteiger partial charge in [-0.05, 0) is 63.9 Å². The smallest absolute Gasteiger partial charge is 0.326 e. The van der Waals surface area contributed by atoms with Crippen LogP contribution in [0.5, 0.6) is 0 Å². The van der Waals surface area contributed by atoms with Gasteiger partial charge >= 0.3 is 6.03 Å². The first-order chi connectivity index (χ1) is 16.8. The minimum atomic E-state index is -0.956. The summed E-state index contributed by atoms with van der Waals surface area (Å²) in [5.74, 6) is 0. The molecule has 1 aliphatic carbocycles. The van der Waals surface area contributed by atoms with Gasteiger partial charge in [0.15, 0.2) is 0 Å². The van der Waals surface area contributed by atoms with Crippen LogP contribution in [0.25, 0.3) is 20.8 Å². The van der Waals surface area contributed by atoms with E-state index in [0.717, 1.165) is 57.1 Å². The molecule has 2 aliphatic rings. The Labute approximate surface area is 211 Å². The van der Waals surface area contributed by atoms with Gasteiger partial charge in [0.25, 0.3) is 0 Å². The molecule has 0 saturated heterocycles. The fraction of sp³-hybridized carbons (Fsp3) is 0.346. The van der Waals surface area contributed by atoms with Crippen molar-refractivity contribution in [3.63, 3.8) is 0 Å². The van der Waals surface area contributed by atoms with Crippen LogP contribution >= 0.6 is 22.7 Å². The number of fused-ring (bicyclic) bond motifs is 2. The molecule has 35 heavy (non-hydrogen) atoms. The van der Waals surface area contributed by atoms with Crippen LogP contribution < -0.4 is 10.6 Å². The largest absolute Gasteiger partial charge is 0.384 e. The highest BCUT2D eigenvalue weighted by atomic mass is 32.1. The quantitative estimate of drug-likeness (QED) is 0.295. The minimum absolute atomic E-state index is 0.0464. The standard InChI is InChI=1S/C26H27N5O2S2/c1-14-10-15-11-17(6-7-20(15)31(14)25(32)29-16-4-5-16)28-18-8-9-27-19-12-21(35-23(18)19)24-30-22(13-34-24)26(2,3)33/h6-7,9-13,16,18,28,33H,4-5,8H2,1-3H3,(H,29,32). The molecule has 1 amide bonds. The summed E-state index contributed by atoms with van der Waals surface area (Å²) in [6, 6.07) is 10.7. The molecule has 0 radical (unpaired) electrons. The van der Waals surface area contributed by atoms with Crippen LogP contribution in [-0.2, 0) is 5.60 Å². The Morgan fingerprint density at radius 3 is 2.80 bits per heavy atom. The van der Waals surface area contributed by atoms with Crippen molar-refractivity contribution in [2.75, 3.05) is 5.32 Å². The summed E-state index contributed by atoms with van der Waals surface area (Å²) in [7, 11) is 0. The molecule has 6 rings (SSSR count). The van der Waals surface area contributed by atoms with Crippen molar-refractivity contribution in [1.82, 2.24) is 14.9 Å². The summed E-state index contributed by atoms with van der Waals surface area (Å²) >= 11 is 3.24. The van der Waals surface area contributed by atoms with E-state index in [-0.39, 0.29) is 12.1 Å². The molecule has 7 nitrogen and oxygen atoms in total. The lowest BCUT2D eigenvalue weighted by Crippen LogP contribution is -2.30. The third-order valence-electron chi connectivity index (χ3n) is 6.40. The summed E-state index contributed by atoms with van der Waals surface area (Å²) in [6.07, 6.45) is 4.89. The molecule has 0 spiro atoms. The van der Waals surface area contributed by atoms with Crippen molar-refractivity contribution in [3.05, 3.63) is 52.0 Å². The summed E-state index contributed by atoms with van der Waals surface area (Å²) in [5, 5.41) is 20.9. The SMILES string of the molecule is Cc1cc2cc(NC3CC=Nc4cc(-c5nc(C(C)(C)O)cs5)sc43)ccc2n1C(=O)NC1CC1. The van der Waals surface area contributed by atoms with Crippen molar-refractivity contribution in [2.45, 2.75) is 57.7 Å². The molecule has 1 aromatic carbocycles. The number of benzene rings is 1. The summed E-state index contributed by atoms with van der Waals surface area (Å²) in [5.41, 5.74) is 3.55. The molecule has 1 unspecified atom stereocenters. The predicted octanol–water partition coefficient (Wildman–Crippen LogP) is 6.34. The van der Waals surface area contributed by atoms with Crippen LogP contribution in [0.15, 0.2) is 40.7 Å². The molecule has 4 heterocycles. The van der Waals surface area contributed by atoms with Crippen molar-refractivity contribution in [3.8, 4) is 9.88 Å². The number of aliphatic hydroxyl groups is 1. The Morgan fingerprint density at radius 2 is 2.06 bits per heavy atom. The summed E-state index contributed by atoms with van der Waals surface area (Å²) in [6.45, 7) is 5.47. The lowest BCUT2D eigenvalue weighted by Gasteiger charge is -2.20. The van der Waals surface area contributed by atoms with Crippen molar-refractivity contribution in [1.29, 1.82) is 0 Å². The number of amides is 1. The number of anilines is 1. The monoisotopic (exact) mass is 505 g/mol. The van der Waals surface area contributed by atoms with E-state index in [1.54, 1.807) is 41.1 Å². The van der Waals surface area contributed by atoms with Gasteiger partial charge in [-0.3, -0.25) is 9.56 Å². The second kappa shape index (κ2) is 8.29. The van der Waals surface area contributed by atoms with Gasteiger partial charge in [-0.1, -0.05) is 0 Å². The van der Waals surface area contributed by atoms with E-state index in [4.69, 9.17) is 0 Å². The summed E-state index contributed by atoms with van der Waals surface area (Å²) < 4.78 is 1.77. The van der Waals surface area contributed by atoms with Crippen LogP contribution in [0.4, 0.5) is 16.2 Å². The number of carbonyl (C=O) groups excluding carboxylic acids is 1. The fourth-order valence-corrected chi connectivity index (χ4v) is 6.60. The van der Waals surface area contributed by atoms with Crippen LogP contribution in [0, 0.1) is 6.92 Å². The van der Waals surface area contributed by atoms with E-state index in [2.05, 4.69) is 38.8 Å². The van der Waals surface area contributed by atoms with E-state index >= 15 is 0 Å². The number of aliphatic imine (C=N–C) groups is 1. The number of hydrogen-bond acceptors (Lipinski definition) is 7. The molecule has 180 valence electrons. The molecular weight excluding hydrogens is 478 g/mol. The second-order valence-electron chi connectivity index (χ2n) is 9.82. The second-order valence-corrected chi connectivity index (χ2v) is 11.8. The Balaban J connectivity index is 1.26. The first-order valence-corrected chi connectivity index (χ1v) is 13.5. The number of thiophene rings is 1. The molecule has 9 heteroatoms. The zero-order valence-corrected chi connectivity index (χ0v) is 21.5. The van der Waals surface area contributed by atoms with E-state index < -0.39 is 5.60 Å². The average Bonchev–Trinajstić information content (AvgIpc) is 3.21. The molecular formula is C26H27N5O2S2. The first-order valence-electron chi connectivity index (χ1n) is 11.8. The first kappa shape index (κ1) is 22.5. The zero-order valence-electron chi connectivity index (χ0n) is 19.8. The third-order valence-corrected chi connectivity index (χ3v) is 8.65. The van der Waals surface area contributed by atoms with Gasteiger partial charge in [-0.25, -0.2) is 9.78 Å². The number of nitrogens with zero attached hydrogens (tertiary/aromatic N) is 3. The maximum Gasteiger partial charge on any atom is 0.326 e. The zero-order chi connectivity index (χ0) is 24.3. The number of hydrogen-bond donors (Lipinski definition) is 3. The molecule has 1 atom stereocenters. The van der Waals surface area contributed by atoms with Crippen molar-refractivity contribution >= 4 is 57.2 Å². The molecule has 1 aliphatic heterocycles. The van der Waals surface area contributed by atoms with E-state index in [9.17, 15) is 9.90 Å². The van der Waals surface area contributed by atoms with Gasteiger partial charge in [0.05, 0.1) is 32.7 Å². The Morgan fingerprint density at radius 1 is 1.23 bits per heavy atom. The third kappa shape index (κ3) is 4.28. The molecule has 0 bridgehead atoms. The number of carbonyl (C=O) groups is 1. The van der Waals surface area contributed by atoms with E-state index in [1.165, 1.54) is 4.88 Å². The number of thiazole rings is 1. The highest BCUT2D eigenvalue weighted by Crippen LogP contribution is 2.45. The molecule has 1 fully saturated rings. The lowest BCUT2D eigenvalue weighted by molar-refractivity contribution is 0.0746. The number of aromatic nitrogens is 2. The summed E-state index contributed by atoms with van der Waals surface area (Å²) in [4.78, 5) is 24.2. The topological polar surface area (TPSA) is 91.5 Å². The van der Waals surface area contributed by atoms with E-state index in [0.29, 0.717) is 11.7 Å². The number of nitrogens with one attached hydrogen (secondary N) is 2. The highest BCUT2D eigenvalue weighted by molar-refractivity contribution is 7.21. The van der Waals surface area contributed by atoms with Gasteiger partial charge in [0.1, 0.15) is 10.6 Å². The van der Waals surface area contributed by atoms with Crippen LogP contribution in [0.3, 0.4) is 0 Å². The van der Waals surface area contributed by atoms with E-state index in [1.807, 2.05) is 30.7 Å². The molecule has 1 saturated carbocycles. The van der Waals surface area contributed by atoms with Crippen LogP contribution in [0.1, 0.15) is 55.4 Å². The normalized spacial score (nSPS) is 17.5. The van der Waals surface area contributed by atoms with Gasteiger partial charge in [-0.2, -0.15) is 0 Å². The predicted molar refractivity (Wildman–Crippen MR) is 143 cm³/mol. The average molecular weight is 506 g/mol. The fourth-order valence-electron chi connectivity index (χ4n) is 4.39. The Bertz CT molecular complexity index is 1470. The van der Waals surface area contributed by atoms with Gasteiger partial charge < -0.3 is 15.7 Å². The maximum atomic E-state index is 12.7. The molecule has 3 N–H and O–H groups in total. The highest BCUT2D eigenvalue weighted by Gasteiger charge is 2.26. The van der Waals surface area contributed by atoms with Gasteiger partial charge in [0, 0.05) is 40.8 Å². The van der Waals surface area contributed by atoms with Crippen molar-refractivity contribution < 1.29 is 9.90 Å². The van der Waals surface area contributed by atoms with Crippen molar-refractivity contribution in [2.24, 2.45) is 4.99 Å². The van der Waals surface area contributed by atoms with Gasteiger partial charge in [0.2, 0.25) is 0 Å². The lowest BCUT2D eigenvalue weighted by atomic mass is 10.1. The van der Waals surface area contributed by atoms with Crippen LogP contribution in [0.2, 0.25) is 0 Å². The molecule has 3 aromatic heterocycles. The Hall–Kier alpha value is -3.01. The van der Waals surface area contributed by atoms with Crippen LogP contribution in [-0.4, -0.2) is 32.9 Å². The Kier molecular flexibility index (Phi) is 5.32. The number of aryl methyl sites for hydroxylation is 1. The number of rotatable bonds is 5. The molecule has 4 aromatic rings. The minimum Gasteiger partial charge on any atom is -0.384 e. The van der Waals surface area contributed by atoms with Gasteiger partial charge in [-0.15, -0.1) is 22.7 Å².